The van der Waals surface area contributed by atoms with Crippen molar-refractivity contribution in [2.45, 2.75) is 284 Å². The monoisotopic (exact) mass is 1090 g/mol. The van der Waals surface area contributed by atoms with Crippen LogP contribution in [0.25, 0.3) is 0 Å². The Hall–Kier alpha value is -4.71. The molecular formula is C73H118O6. The molecule has 0 radical (unpaired) electrons. The summed E-state index contributed by atoms with van der Waals surface area (Å²) < 4.78 is 16.8. The van der Waals surface area contributed by atoms with Crippen LogP contribution in [0.3, 0.4) is 0 Å². The highest BCUT2D eigenvalue weighted by Gasteiger charge is 2.19. The summed E-state index contributed by atoms with van der Waals surface area (Å²) >= 11 is 0. The number of hydrogen-bond acceptors (Lipinski definition) is 6. The summed E-state index contributed by atoms with van der Waals surface area (Å²) in [4.78, 5) is 38.1. The van der Waals surface area contributed by atoms with Crippen molar-refractivity contribution < 1.29 is 28.6 Å². The Morgan fingerprint density at radius 1 is 0.266 bits per heavy atom. The van der Waals surface area contributed by atoms with E-state index < -0.39 is 12.1 Å². The fraction of sp³-hybridized carbons (Fsp3) is 0.630. The molecule has 446 valence electrons. The molecule has 0 aromatic rings. The molecule has 0 bridgehead atoms. The third-order valence-corrected chi connectivity index (χ3v) is 13.3. The Labute approximate surface area is 487 Å². The average molecular weight is 1090 g/mol. The summed E-state index contributed by atoms with van der Waals surface area (Å²) in [5.74, 6) is -1.01. The first kappa shape index (κ1) is 74.3. The van der Waals surface area contributed by atoms with E-state index in [1.165, 1.54) is 96.3 Å². The van der Waals surface area contributed by atoms with Crippen molar-refractivity contribution in [2.75, 3.05) is 13.2 Å². The molecule has 0 saturated heterocycles. The van der Waals surface area contributed by atoms with E-state index >= 15 is 0 Å². The molecule has 0 aliphatic rings. The fourth-order valence-electron chi connectivity index (χ4n) is 8.56. The molecule has 0 aliphatic heterocycles. The highest BCUT2D eigenvalue weighted by atomic mass is 16.6. The first-order chi connectivity index (χ1) is 39.0. The van der Waals surface area contributed by atoms with E-state index in [2.05, 4.69) is 154 Å². The van der Waals surface area contributed by atoms with Gasteiger partial charge in [0.25, 0.3) is 0 Å². The van der Waals surface area contributed by atoms with Crippen LogP contribution in [0.4, 0.5) is 0 Å². The van der Waals surface area contributed by atoms with Crippen LogP contribution in [-0.4, -0.2) is 37.2 Å². The van der Waals surface area contributed by atoms with Crippen LogP contribution in [0, 0.1) is 0 Å². The largest absolute Gasteiger partial charge is 0.462 e. The minimum atomic E-state index is -0.825. The van der Waals surface area contributed by atoms with Crippen molar-refractivity contribution in [2.24, 2.45) is 0 Å². The second kappa shape index (κ2) is 65.8. The fourth-order valence-corrected chi connectivity index (χ4v) is 8.56. The lowest BCUT2D eigenvalue weighted by Gasteiger charge is -2.18. The van der Waals surface area contributed by atoms with E-state index in [9.17, 15) is 14.4 Å². The first-order valence-corrected chi connectivity index (χ1v) is 32.3. The molecule has 79 heavy (non-hydrogen) atoms. The number of allylic oxidation sites excluding steroid dienone is 24. The number of carbonyl (C=O) groups excluding carboxylic acids is 3. The Balaban J connectivity index is 4.17. The van der Waals surface area contributed by atoms with Crippen molar-refractivity contribution >= 4 is 17.9 Å². The SMILES string of the molecule is CC/C=C\C/C=C\C/C=C\C/C=C\C/C=C\C/C=C\CCCCCCCCCCCCCCCCCCC(=O)OCC(COC(=O)CCCCCCC/C=C\C/C=C\CCC)OC(=O)CC/C=C\C/C=C\C/C=C\C/C=C\CC. The maximum atomic E-state index is 12.8. The van der Waals surface area contributed by atoms with Gasteiger partial charge < -0.3 is 14.2 Å². The molecule has 1 unspecified atom stereocenters. The number of hydrogen-bond donors (Lipinski definition) is 0. The maximum Gasteiger partial charge on any atom is 0.306 e. The normalized spacial score (nSPS) is 13.1. The van der Waals surface area contributed by atoms with E-state index in [-0.39, 0.29) is 31.6 Å². The molecule has 0 amide bonds. The third kappa shape index (κ3) is 64.0. The van der Waals surface area contributed by atoms with Gasteiger partial charge in [0.05, 0.1) is 0 Å². The highest BCUT2D eigenvalue weighted by molar-refractivity contribution is 5.71. The predicted molar refractivity (Wildman–Crippen MR) is 343 cm³/mol. The van der Waals surface area contributed by atoms with Gasteiger partial charge in [-0.2, -0.15) is 0 Å². The van der Waals surface area contributed by atoms with E-state index in [4.69, 9.17) is 14.2 Å². The molecule has 0 rings (SSSR count). The van der Waals surface area contributed by atoms with Gasteiger partial charge in [-0.25, -0.2) is 0 Å². The lowest BCUT2D eigenvalue weighted by Crippen LogP contribution is -2.30. The van der Waals surface area contributed by atoms with Crippen molar-refractivity contribution in [3.63, 3.8) is 0 Å². The Bertz CT molecular complexity index is 1730. The van der Waals surface area contributed by atoms with Gasteiger partial charge in [-0.3, -0.25) is 14.4 Å². The molecule has 6 nitrogen and oxygen atoms in total. The van der Waals surface area contributed by atoms with Gasteiger partial charge in [-0.05, 0) is 122 Å². The zero-order chi connectivity index (χ0) is 57.1. The molecule has 0 aliphatic carbocycles. The molecule has 0 N–H and O–H groups in total. The maximum absolute atomic E-state index is 12.8. The summed E-state index contributed by atoms with van der Waals surface area (Å²) in [5, 5.41) is 0. The van der Waals surface area contributed by atoms with Crippen LogP contribution in [0.15, 0.2) is 146 Å². The van der Waals surface area contributed by atoms with Crippen LogP contribution >= 0.6 is 0 Å². The zero-order valence-corrected chi connectivity index (χ0v) is 51.1. The van der Waals surface area contributed by atoms with E-state index in [1.54, 1.807) is 0 Å². The quantitative estimate of drug-likeness (QED) is 0.0261. The van der Waals surface area contributed by atoms with Crippen molar-refractivity contribution in [1.82, 2.24) is 0 Å². The van der Waals surface area contributed by atoms with Gasteiger partial charge in [0, 0.05) is 19.3 Å². The Morgan fingerprint density at radius 3 is 0.823 bits per heavy atom. The number of carbonyl (C=O) groups is 3. The summed E-state index contributed by atoms with van der Waals surface area (Å²) in [7, 11) is 0. The summed E-state index contributed by atoms with van der Waals surface area (Å²) in [6.07, 6.45) is 94.6. The van der Waals surface area contributed by atoms with Crippen LogP contribution in [-0.2, 0) is 28.6 Å². The molecule has 0 spiro atoms. The minimum absolute atomic E-state index is 0.113. The van der Waals surface area contributed by atoms with E-state index in [0.29, 0.717) is 19.3 Å². The van der Waals surface area contributed by atoms with Gasteiger partial charge in [-0.1, -0.05) is 282 Å². The average Bonchev–Trinajstić information content (AvgIpc) is 3.45. The predicted octanol–water partition coefficient (Wildman–Crippen LogP) is 22.3. The van der Waals surface area contributed by atoms with Gasteiger partial charge in [0.15, 0.2) is 6.10 Å². The molecule has 0 aromatic heterocycles. The standard InChI is InChI=1S/C73H118O6/c1-4-7-10-13-16-19-22-25-26-27-28-29-30-31-32-33-34-35-36-37-38-39-40-41-42-43-44-45-46-49-51-54-57-60-63-66-72(75)78-69-70(79-73(76)67-64-61-58-55-52-48-24-21-18-15-12-9-6-3)68-77-71(74)65-62-59-56-53-50-47-23-20-17-14-11-8-5-2/h7,9-12,14,16,18-21,23,25-26,28-29,31-32,34-35,48,52,58,61,70H,4-6,8,13,15,17,22,24,27,30,33,36-47,49-51,53-57,59-60,62-69H2,1-3H3/b10-7-,12-9-,14-11-,19-16-,21-18-,23-20-,26-25-,29-28-,32-31-,35-34-,52-48-,61-58-. The van der Waals surface area contributed by atoms with Crippen LogP contribution in [0.2, 0.25) is 0 Å². The second-order valence-corrected chi connectivity index (χ2v) is 20.9. The topological polar surface area (TPSA) is 78.9 Å². The van der Waals surface area contributed by atoms with Gasteiger partial charge in [0.1, 0.15) is 13.2 Å². The highest BCUT2D eigenvalue weighted by Crippen LogP contribution is 2.16. The van der Waals surface area contributed by atoms with E-state index in [0.717, 1.165) is 135 Å². The molecule has 6 heteroatoms. The molecule has 1 atom stereocenters. The van der Waals surface area contributed by atoms with Crippen molar-refractivity contribution in [3.05, 3.63) is 146 Å². The third-order valence-electron chi connectivity index (χ3n) is 13.3. The van der Waals surface area contributed by atoms with Crippen LogP contribution in [0.1, 0.15) is 278 Å². The lowest BCUT2D eigenvalue weighted by molar-refractivity contribution is -0.166. The minimum Gasteiger partial charge on any atom is -0.462 e. The molecule has 0 saturated carbocycles. The van der Waals surface area contributed by atoms with Crippen LogP contribution in [0.5, 0.6) is 0 Å². The van der Waals surface area contributed by atoms with Crippen molar-refractivity contribution in [1.29, 1.82) is 0 Å². The Kier molecular flexibility index (Phi) is 61.9. The molecule has 0 aromatic carbocycles. The summed E-state index contributed by atoms with van der Waals surface area (Å²) in [5.41, 5.74) is 0. The lowest BCUT2D eigenvalue weighted by atomic mass is 10.0. The first-order valence-electron chi connectivity index (χ1n) is 32.3. The number of esters is 3. The van der Waals surface area contributed by atoms with Crippen molar-refractivity contribution in [3.8, 4) is 0 Å². The van der Waals surface area contributed by atoms with Gasteiger partial charge >= 0.3 is 17.9 Å². The zero-order valence-electron chi connectivity index (χ0n) is 51.1. The summed E-state index contributed by atoms with van der Waals surface area (Å²) in [6.45, 7) is 6.27. The number of unbranched alkanes of at least 4 members (excludes halogenated alkanes) is 22. The smallest absolute Gasteiger partial charge is 0.306 e. The number of rotatable bonds is 57. The summed E-state index contributed by atoms with van der Waals surface area (Å²) in [6, 6.07) is 0. The molecule has 0 fully saturated rings. The second-order valence-electron chi connectivity index (χ2n) is 20.9. The van der Waals surface area contributed by atoms with E-state index in [1.807, 2.05) is 12.2 Å². The van der Waals surface area contributed by atoms with Gasteiger partial charge in [0.2, 0.25) is 0 Å². The number of ether oxygens (including phenoxy) is 3. The Morgan fingerprint density at radius 2 is 0.519 bits per heavy atom. The van der Waals surface area contributed by atoms with Gasteiger partial charge in [-0.15, -0.1) is 0 Å². The van der Waals surface area contributed by atoms with Crippen LogP contribution < -0.4 is 0 Å². The molecule has 0 heterocycles. The molecular weight excluding hydrogens is 973 g/mol.